The summed E-state index contributed by atoms with van der Waals surface area (Å²) in [6.45, 7) is 3.47. The second kappa shape index (κ2) is 8.93. The molecule has 4 aromatic rings. The minimum Gasteiger partial charge on any atom is -0.494 e. The third-order valence-electron chi connectivity index (χ3n) is 4.76. The Bertz CT molecular complexity index is 1340. The van der Waals surface area contributed by atoms with Gasteiger partial charge in [-0.1, -0.05) is 12.1 Å². The number of carbonyl (C=O) groups excluding carboxylic acids is 2. The van der Waals surface area contributed by atoms with E-state index in [1.807, 2.05) is 13.0 Å². The van der Waals surface area contributed by atoms with Crippen LogP contribution < -0.4 is 15.6 Å². The van der Waals surface area contributed by atoms with Crippen LogP contribution in [0.3, 0.4) is 0 Å². The number of para-hydroxylation sites is 1. The zero-order valence-electron chi connectivity index (χ0n) is 17.5. The first kappa shape index (κ1) is 21.1. The Labute approximate surface area is 182 Å². The number of aromatic nitrogens is 2. The van der Waals surface area contributed by atoms with Gasteiger partial charge < -0.3 is 19.2 Å². The van der Waals surface area contributed by atoms with Crippen LogP contribution in [0.15, 0.2) is 64.1 Å². The van der Waals surface area contributed by atoms with E-state index in [9.17, 15) is 14.4 Å². The Balaban J connectivity index is 1.41. The molecule has 0 saturated carbocycles. The van der Waals surface area contributed by atoms with Crippen LogP contribution in [0.1, 0.15) is 13.8 Å². The molecule has 1 amide bonds. The van der Waals surface area contributed by atoms with E-state index in [-0.39, 0.29) is 5.58 Å². The van der Waals surface area contributed by atoms with Gasteiger partial charge in [0.25, 0.3) is 11.5 Å². The third-order valence-corrected chi connectivity index (χ3v) is 4.76. The van der Waals surface area contributed by atoms with Crippen molar-refractivity contribution in [1.29, 1.82) is 0 Å². The largest absolute Gasteiger partial charge is 0.494 e. The summed E-state index contributed by atoms with van der Waals surface area (Å²) < 4.78 is 17.2. The Morgan fingerprint density at radius 3 is 2.66 bits per heavy atom. The van der Waals surface area contributed by atoms with Gasteiger partial charge in [-0.05, 0) is 50.2 Å². The zero-order valence-corrected chi connectivity index (χ0v) is 17.5. The lowest BCUT2D eigenvalue weighted by Gasteiger charge is -2.14. The number of fused-ring (bicyclic) bond motifs is 3. The maximum absolute atomic E-state index is 12.7. The molecule has 9 nitrogen and oxygen atoms in total. The molecule has 32 heavy (non-hydrogen) atoms. The van der Waals surface area contributed by atoms with Crippen LogP contribution >= 0.6 is 0 Å². The molecule has 0 aliphatic rings. The molecule has 1 N–H and O–H groups in total. The van der Waals surface area contributed by atoms with E-state index in [0.717, 1.165) is 4.57 Å². The first-order valence-electron chi connectivity index (χ1n) is 10.1. The van der Waals surface area contributed by atoms with Gasteiger partial charge >= 0.3 is 5.97 Å². The number of rotatable bonds is 7. The van der Waals surface area contributed by atoms with Gasteiger partial charge in [0.2, 0.25) is 5.58 Å². The van der Waals surface area contributed by atoms with Crippen LogP contribution in [0, 0.1) is 0 Å². The summed E-state index contributed by atoms with van der Waals surface area (Å²) in [5.41, 5.74) is 1.06. The predicted octanol–water partition coefficient (Wildman–Crippen LogP) is 3.11. The van der Waals surface area contributed by atoms with Crippen LogP contribution in [0.4, 0.5) is 5.69 Å². The fourth-order valence-electron chi connectivity index (χ4n) is 3.20. The van der Waals surface area contributed by atoms with E-state index < -0.39 is 30.1 Å². The van der Waals surface area contributed by atoms with Gasteiger partial charge in [0.15, 0.2) is 6.10 Å². The summed E-state index contributed by atoms with van der Waals surface area (Å²) in [7, 11) is 0. The summed E-state index contributed by atoms with van der Waals surface area (Å²) in [6.07, 6.45) is 0.200. The number of anilines is 1. The lowest BCUT2D eigenvalue weighted by molar-refractivity contribution is -0.153. The highest BCUT2D eigenvalue weighted by Crippen LogP contribution is 2.24. The summed E-state index contributed by atoms with van der Waals surface area (Å²) in [4.78, 5) is 41.6. The topological polar surface area (TPSA) is 113 Å². The van der Waals surface area contributed by atoms with E-state index in [4.69, 9.17) is 13.9 Å². The standard InChI is InChI=1S/C23H21N3O6/c1-3-30-16-10-8-15(9-11-16)25-22(28)14(2)31-19(27)12-26-13-24-20-17-6-4-5-7-18(17)32-21(20)23(26)29/h4-11,13-14H,3,12H2,1-2H3,(H,25,28). The van der Waals surface area contributed by atoms with Crippen molar-refractivity contribution in [3.8, 4) is 5.75 Å². The number of esters is 1. The number of carbonyl (C=O) groups is 2. The van der Waals surface area contributed by atoms with Gasteiger partial charge in [-0.2, -0.15) is 0 Å². The van der Waals surface area contributed by atoms with Crippen LogP contribution in [0.5, 0.6) is 5.75 Å². The van der Waals surface area contributed by atoms with Crippen LogP contribution in [0.25, 0.3) is 22.1 Å². The van der Waals surface area contributed by atoms with Crippen molar-refractivity contribution in [1.82, 2.24) is 9.55 Å². The second-order valence-corrected chi connectivity index (χ2v) is 7.03. The Morgan fingerprint density at radius 2 is 1.91 bits per heavy atom. The fraction of sp³-hybridized carbons (Fsp3) is 0.217. The highest BCUT2D eigenvalue weighted by atomic mass is 16.5. The number of nitrogens with zero attached hydrogens (tertiary/aromatic N) is 2. The molecule has 2 aromatic heterocycles. The molecular formula is C23H21N3O6. The highest BCUT2D eigenvalue weighted by Gasteiger charge is 2.20. The van der Waals surface area contributed by atoms with Crippen LogP contribution in [0.2, 0.25) is 0 Å². The monoisotopic (exact) mass is 435 g/mol. The number of hydrogen-bond acceptors (Lipinski definition) is 7. The first-order chi connectivity index (χ1) is 15.5. The molecule has 1 atom stereocenters. The van der Waals surface area contributed by atoms with Crippen molar-refractivity contribution in [2.75, 3.05) is 11.9 Å². The Morgan fingerprint density at radius 1 is 1.16 bits per heavy atom. The number of ether oxygens (including phenoxy) is 2. The number of furan rings is 1. The molecule has 0 spiro atoms. The zero-order chi connectivity index (χ0) is 22.7. The van der Waals surface area contributed by atoms with Crippen molar-refractivity contribution in [2.24, 2.45) is 0 Å². The summed E-state index contributed by atoms with van der Waals surface area (Å²) in [6, 6.07) is 14.0. The van der Waals surface area contributed by atoms with E-state index in [1.54, 1.807) is 42.5 Å². The molecule has 9 heteroatoms. The lowest BCUT2D eigenvalue weighted by atomic mass is 10.2. The molecule has 0 bridgehead atoms. The van der Waals surface area contributed by atoms with Gasteiger partial charge in [-0.25, -0.2) is 4.98 Å². The molecule has 2 heterocycles. The molecule has 0 radical (unpaired) electrons. The first-order valence-corrected chi connectivity index (χ1v) is 10.1. The smallest absolute Gasteiger partial charge is 0.326 e. The number of amides is 1. The van der Waals surface area contributed by atoms with Gasteiger partial charge in [0.1, 0.15) is 23.4 Å². The van der Waals surface area contributed by atoms with E-state index in [1.165, 1.54) is 13.3 Å². The molecule has 4 rings (SSSR count). The molecular weight excluding hydrogens is 414 g/mol. The maximum atomic E-state index is 12.7. The second-order valence-electron chi connectivity index (χ2n) is 7.03. The number of hydrogen-bond donors (Lipinski definition) is 1. The van der Waals surface area contributed by atoms with E-state index in [0.29, 0.717) is 34.5 Å². The summed E-state index contributed by atoms with van der Waals surface area (Å²) in [5, 5.41) is 3.38. The minimum atomic E-state index is -1.06. The van der Waals surface area contributed by atoms with E-state index >= 15 is 0 Å². The van der Waals surface area contributed by atoms with Crippen molar-refractivity contribution < 1.29 is 23.5 Å². The van der Waals surface area contributed by atoms with Gasteiger partial charge in [-0.3, -0.25) is 19.0 Å². The lowest BCUT2D eigenvalue weighted by Crippen LogP contribution is -2.33. The fourth-order valence-corrected chi connectivity index (χ4v) is 3.20. The molecule has 1 unspecified atom stereocenters. The average Bonchev–Trinajstić information content (AvgIpc) is 3.17. The summed E-state index contributed by atoms with van der Waals surface area (Å²) in [5.74, 6) is -0.565. The minimum absolute atomic E-state index is 0.0581. The SMILES string of the molecule is CCOc1ccc(NC(=O)C(C)OC(=O)Cn2cnc3c(oc4ccccc43)c2=O)cc1. The van der Waals surface area contributed by atoms with Crippen molar-refractivity contribution >= 4 is 39.6 Å². The molecule has 0 aliphatic carbocycles. The molecule has 164 valence electrons. The van der Waals surface area contributed by atoms with Crippen molar-refractivity contribution in [3.05, 3.63) is 65.2 Å². The Kier molecular flexibility index (Phi) is 5.89. The predicted molar refractivity (Wildman–Crippen MR) is 118 cm³/mol. The van der Waals surface area contributed by atoms with Crippen molar-refractivity contribution in [2.45, 2.75) is 26.5 Å². The molecule has 0 aliphatic heterocycles. The maximum Gasteiger partial charge on any atom is 0.326 e. The van der Waals surface area contributed by atoms with Gasteiger partial charge in [0, 0.05) is 11.1 Å². The van der Waals surface area contributed by atoms with Crippen LogP contribution in [-0.2, 0) is 20.9 Å². The van der Waals surface area contributed by atoms with Gasteiger partial charge in [-0.15, -0.1) is 0 Å². The highest BCUT2D eigenvalue weighted by molar-refractivity contribution is 6.01. The number of benzene rings is 2. The quantitative estimate of drug-likeness (QED) is 0.444. The third kappa shape index (κ3) is 4.31. The van der Waals surface area contributed by atoms with Gasteiger partial charge in [0.05, 0.1) is 12.9 Å². The van der Waals surface area contributed by atoms with Crippen molar-refractivity contribution in [3.63, 3.8) is 0 Å². The molecule has 0 saturated heterocycles. The average molecular weight is 435 g/mol. The van der Waals surface area contributed by atoms with Crippen LogP contribution in [-0.4, -0.2) is 34.1 Å². The molecule has 2 aromatic carbocycles. The summed E-state index contributed by atoms with van der Waals surface area (Å²) >= 11 is 0. The Hall–Kier alpha value is -4.14. The molecule has 0 fully saturated rings. The normalized spacial score (nSPS) is 11.9. The number of nitrogens with one attached hydrogen (secondary N) is 1. The van der Waals surface area contributed by atoms with E-state index in [2.05, 4.69) is 10.3 Å².